The third-order valence-corrected chi connectivity index (χ3v) is 6.46. The lowest BCUT2D eigenvalue weighted by atomic mass is 9.85. The summed E-state index contributed by atoms with van der Waals surface area (Å²) < 4.78 is 32.7. The first-order valence-electron chi connectivity index (χ1n) is 11.6. The number of carbonyl (C=O) groups is 3. The molecular weight excluding hydrogens is 460 g/mol. The van der Waals surface area contributed by atoms with Crippen molar-refractivity contribution in [2.75, 3.05) is 17.2 Å². The van der Waals surface area contributed by atoms with Gasteiger partial charge in [0.1, 0.15) is 6.10 Å². The zero-order valence-corrected chi connectivity index (χ0v) is 19.1. The lowest BCUT2D eigenvalue weighted by Crippen LogP contribution is -2.39. The van der Waals surface area contributed by atoms with Crippen molar-refractivity contribution >= 4 is 29.5 Å². The lowest BCUT2D eigenvalue weighted by molar-refractivity contribution is -0.138. The van der Waals surface area contributed by atoms with E-state index in [1.54, 1.807) is 17.0 Å². The maximum atomic E-state index is 13.8. The summed E-state index contributed by atoms with van der Waals surface area (Å²) in [6, 6.07) is 8.11. The van der Waals surface area contributed by atoms with Gasteiger partial charge in [-0.2, -0.15) is 0 Å². The van der Waals surface area contributed by atoms with Crippen LogP contribution in [0, 0.1) is 17.6 Å². The summed E-state index contributed by atoms with van der Waals surface area (Å²) in [7, 11) is 0. The number of carbonyl (C=O) groups excluding carboxylic acids is 2. The molecular formula is C25H27F2N3O5. The summed E-state index contributed by atoms with van der Waals surface area (Å²) >= 11 is 0. The first kappa shape index (κ1) is 24.4. The van der Waals surface area contributed by atoms with Gasteiger partial charge in [0.25, 0.3) is 0 Å². The molecule has 1 saturated carbocycles. The highest BCUT2D eigenvalue weighted by atomic mass is 19.2. The number of nitrogens with zero attached hydrogens (tertiary/aromatic N) is 1. The van der Waals surface area contributed by atoms with Crippen LogP contribution in [0.15, 0.2) is 36.4 Å². The van der Waals surface area contributed by atoms with Gasteiger partial charge in [-0.3, -0.25) is 4.79 Å². The summed E-state index contributed by atoms with van der Waals surface area (Å²) in [4.78, 5) is 37.4. The number of anilines is 2. The minimum atomic E-state index is -1.13. The molecule has 186 valence electrons. The van der Waals surface area contributed by atoms with Gasteiger partial charge in [0.15, 0.2) is 11.6 Å². The molecule has 1 aliphatic carbocycles. The summed E-state index contributed by atoms with van der Waals surface area (Å²) in [6.07, 6.45) is 2.98. The fourth-order valence-electron chi connectivity index (χ4n) is 4.59. The number of halogens is 2. The van der Waals surface area contributed by atoms with E-state index in [4.69, 9.17) is 9.84 Å². The van der Waals surface area contributed by atoms with Gasteiger partial charge >= 0.3 is 18.1 Å². The smallest absolute Gasteiger partial charge is 0.410 e. The van der Waals surface area contributed by atoms with Crippen LogP contribution in [0.4, 0.5) is 29.7 Å². The van der Waals surface area contributed by atoms with Gasteiger partial charge in [0.2, 0.25) is 0 Å². The van der Waals surface area contributed by atoms with E-state index in [0.717, 1.165) is 30.0 Å². The van der Waals surface area contributed by atoms with Crippen molar-refractivity contribution in [3.63, 3.8) is 0 Å². The molecule has 35 heavy (non-hydrogen) atoms. The number of hydrogen-bond acceptors (Lipinski definition) is 4. The standard InChI is InChI=1S/C25H27F2N3O5/c26-20-2-1-3-21(23(20)27)29-24(33)28-18-7-6-17-14-30(11-10-16(17)13-18)25(34)35-19-8-4-15(5-9-19)12-22(31)32/h1-3,6-7,13,15,19H,4-5,8-12,14H2,(H,31,32)(H2,28,29,33). The largest absolute Gasteiger partial charge is 0.481 e. The van der Waals surface area contributed by atoms with Gasteiger partial charge in [-0.25, -0.2) is 18.4 Å². The van der Waals surface area contributed by atoms with Crippen LogP contribution in [-0.2, 0) is 22.5 Å². The summed E-state index contributed by atoms with van der Waals surface area (Å²) in [5, 5.41) is 13.8. The van der Waals surface area contributed by atoms with Crippen molar-refractivity contribution in [1.82, 2.24) is 4.90 Å². The molecule has 4 rings (SSSR count). The second kappa shape index (κ2) is 10.7. The molecule has 0 saturated heterocycles. The SMILES string of the molecule is O=C(O)CC1CCC(OC(=O)N2CCc3cc(NC(=O)Nc4cccc(F)c4F)ccc3C2)CC1. The number of rotatable bonds is 5. The maximum absolute atomic E-state index is 13.8. The molecule has 1 aliphatic heterocycles. The molecule has 2 aliphatic rings. The summed E-state index contributed by atoms with van der Waals surface area (Å²) in [5.41, 5.74) is 2.13. The molecule has 1 heterocycles. The second-order valence-electron chi connectivity index (χ2n) is 8.96. The Morgan fingerprint density at radius 1 is 1.03 bits per heavy atom. The van der Waals surface area contributed by atoms with Crippen molar-refractivity contribution < 1.29 is 33.0 Å². The Morgan fingerprint density at radius 3 is 2.54 bits per heavy atom. The van der Waals surface area contributed by atoms with Gasteiger partial charge < -0.3 is 25.4 Å². The van der Waals surface area contributed by atoms with Crippen LogP contribution < -0.4 is 10.6 Å². The number of urea groups is 1. The minimum Gasteiger partial charge on any atom is -0.481 e. The molecule has 2 aromatic rings. The number of nitrogens with one attached hydrogen (secondary N) is 2. The molecule has 0 aromatic heterocycles. The van der Waals surface area contributed by atoms with E-state index in [9.17, 15) is 23.2 Å². The number of aliphatic carboxylic acids is 1. The van der Waals surface area contributed by atoms with Crippen molar-refractivity contribution in [2.24, 2.45) is 5.92 Å². The third-order valence-electron chi connectivity index (χ3n) is 6.46. The molecule has 0 atom stereocenters. The highest BCUT2D eigenvalue weighted by Gasteiger charge is 2.28. The van der Waals surface area contributed by atoms with Crippen LogP contribution in [0.25, 0.3) is 0 Å². The predicted molar refractivity (Wildman–Crippen MR) is 124 cm³/mol. The summed E-state index contributed by atoms with van der Waals surface area (Å²) in [6.45, 7) is 0.841. The van der Waals surface area contributed by atoms with Gasteiger partial charge in [-0.05, 0) is 73.4 Å². The Bertz CT molecular complexity index is 1120. The van der Waals surface area contributed by atoms with Gasteiger partial charge in [-0.15, -0.1) is 0 Å². The fraction of sp³-hybridized carbons (Fsp3) is 0.400. The number of benzene rings is 2. The van der Waals surface area contributed by atoms with E-state index in [2.05, 4.69) is 10.6 Å². The molecule has 0 spiro atoms. The highest BCUT2D eigenvalue weighted by Crippen LogP contribution is 2.30. The van der Waals surface area contributed by atoms with Gasteiger partial charge in [0, 0.05) is 25.2 Å². The van der Waals surface area contributed by atoms with Crippen molar-refractivity contribution in [1.29, 1.82) is 0 Å². The molecule has 0 bridgehead atoms. The van der Waals surface area contributed by atoms with E-state index in [1.165, 1.54) is 12.1 Å². The van der Waals surface area contributed by atoms with Crippen molar-refractivity contribution in [3.05, 3.63) is 59.2 Å². The van der Waals surface area contributed by atoms with Crippen LogP contribution in [0.2, 0.25) is 0 Å². The first-order valence-corrected chi connectivity index (χ1v) is 11.6. The number of carboxylic acids is 1. The van der Waals surface area contributed by atoms with Crippen LogP contribution in [-0.4, -0.2) is 40.7 Å². The molecule has 0 radical (unpaired) electrons. The molecule has 3 N–H and O–H groups in total. The van der Waals surface area contributed by atoms with Gasteiger partial charge in [0.05, 0.1) is 5.69 Å². The lowest BCUT2D eigenvalue weighted by Gasteiger charge is -2.32. The Hall–Kier alpha value is -3.69. The zero-order chi connectivity index (χ0) is 24.9. The number of amides is 3. The molecule has 8 nitrogen and oxygen atoms in total. The van der Waals surface area contributed by atoms with Crippen molar-refractivity contribution in [2.45, 2.75) is 51.2 Å². The zero-order valence-electron chi connectivity index (χ0n) is 19.1. The van der Waals surface area contributed by atoms with Crippen LogP contribution >= 0.6 is 0 Å². The Labute approximate surface area is 201 Å². The first-order chi connectivity index (χ1) is 16.8. The number of hydrogen-bond donors (Lipinski definition) is 3. The highest BCUT2D eigenvalue weighted by molar-refractivity contribution is 5.99. The maximum Gasteiger partial charge on any atom is 0.410 e. The quantitative estimate of drug-likeness (QED) is 0.542. The summed E-state index contributed by atoms with van der Waals surface area (Å²) in [5.74, 6) is -2.84. The third kappa shape index (κ3) is 6.26. The topological polar surface area (TPSA) is 108 Å². The average Bonchev–Trinajstić information content (AvgIpc) is 2.82. The number of ether oxygens (including phenoxy) is 1. The Balaban J connectivity index is 1.28. The Kier molecular flexibility index (Phi) is 7.48. The predicted octanol–water partition coefficient (Wildman–Crippen LogP) is 5.14. The molecule has 1 fully saturated rings. The number of carboxylic acid groups (broad SMARTS) is 1. The molecule has 0 unspecified atom stereocenters. The van der Waals surface area contributed by atoms with E-state index >= 15 is 0 Å². The number of fused-ring (bicyclic) bond motifs is 1. The normalized spacial score (nSPS) is 19.4. The van der Waals surface area contributed by atoms with Crippen LogP contribution in [0.3, 0.4) is 0 Å². The van der Waals surface area contributed by atoms with Crippen LogP contribution in [0.5, 0.6) is 0 Å². The fourth-order valence-corrected chi connectivity index (χ4v) is 4.59. The minimum absolute atomic E-state index is 0.141. The van der Waals surface area contributed by atoms with Gasteiger partial charge in [-0.1, -0.05) is 12.1 Å². The monoisotopic (exact) mass is 487 g/mol. The van der Waals surface area contributed by atoms with E-state index in [0.29, 0.717) is 38.0 Å². The molecule has 3 amide bonds. The van der Waals surface area contributed by atoms with E-state index in [-0.39, 0.29) is 30.2 Å². The van der Waals surface area contributed by atoms with Crippen molar-refractivity contribution in [3.8, 4) is 0 Å². The van der Waals surface area contributed by atoms with E-state index < -0.39 is 23.6 Å². The van der Waals surface area contributed by atoms with E-state index in [1.807, 2.05) is 6.07 Å². The second-order valence-corrected chi connectivity index (χ2v) is 8.96. The Morgan fingerprint density at radius 2 is 1.80 bits per heavy atom. The molecule has 10 heteroatoms. The average molecular weight is 488 g/mol. The van der Waals surface area contributed by atoms with Crippen LogP contribution in [0.1, 0.15) is 43.2 Å². The molecule has 2 aromatic carbocycles.